The van der Waals surface area contributed by atoms with Gasteiger partial charge in [-0.25, -0.2) is 9.18 Å². The van der Waals surface area contributed by atoms with Crippen LogP contribution in [0.15, 0.2) is 27.5 Å². The van der Waals surface area contributed by atoms with Crippen molar-refractivity contribution in [3.8, 4) is 23.0 Å². The molecular formula is C24H28BrFN4O16. The molecule has 0 bridgehead atoms. The molecule has 0 amide bonds. The standard InChI is InChI=1S/C22H22BrFN4O16.C2H6/c1-42-13-11(29)9-10(26-16(31)27-15(9)25-8-3-2-6(23)4-7(8)24)12(30)14(13)43-5-17(32)18(33,34)20(37,38)28-21(39,19(17,35)36)44-22(28,40)41;1-2/h2-4,29-30,32-41H,5H2,1H3,(H2,25,26,27,31);1-2H3. The van der Waals surface area contributed by atoms with Gasteiger partial charge in [-0.1, -0.05) is 29.8 Å². The number of aromatic nitrogens is 2. The third kappa shape index (κ3) is 4.58. The minimum atomic E-state index is -4.69. The van der Waals surface area contributed by atoms with E-state index < -0.39 is 97.8 Å². The Balaban J connectivity index is 0.00000235. The highest BCUT2D eigenvalue weighted by Gasteiger charge is 2.93. The van der Waals surface area contributed by atoms with Crippen LogP contribution in [0.3, 0.4) is 0 Å². The van der Waals surface area contributed by atoms with Gasteiger partial charge in [-0.2, -0.15) is 4.98 Å². The van der Waals surface area contributed by atoms with Crippen molar-refractivity contribution in [1.82, 2.24) is 14.9 Å². The van der Waals surface area contributed by atoms with E-state index in [4.69, 9.17) is 9.47 Å². The van der Waals surface area contributed by atoms with Gasteiger partial charge in [0.15, 0.2) is 11.5 Å². The lowest BCUT2D eigenvalue weighted by molar-refractivity contribution is -0.736. The number of aromatic hydroxyl groups is 2. The molecule has 2 saturated heterocycles. The van der Waals surface area contributed by atoms with Crippen molar-refractivity contribution >= 4 is 38.3 Å². The lowest BCUT2D eigenvalue weighted by Crippen LogP contribution is -3.02. The van der Waals surface area contributed by atoms with Crippen LogP contribution >= 0.6 is 15.9 Å². The van der Waals surface area contributed by atoms with E-state index in [1.165, 1.54) is 12.1 Å². The first-order chi connectivity index (χ1) is 21.1. The predicted octanol–water partition coefficient (Wildman–Crippen LogP) is -3.29. The van der Waals surface area contributed by atoms with E-state index in [0.29, 0.717) is 4.47 Å². The maximum absolute atomic E-state index is 14.5. The predicted molar refractivity (Wildman–Crippen MR) is 148 cm³/mol. The zero-order valence-electron chi connectivity index (χ0n) is 23.6. The molecule has 2 aliphatic rings. The van der Waals surface area contributed by atoms with Crippen LogP contribution in [0.2, 0.25) is 0 Å². The van der Waals surface area contributed by atoms with E-state index in [1.54, 1.807) is 0 Å². The fourth-order valence-electron chi connectivity index (χ4n) is 4.86. The molecule has 2 atom stereocenters. The number of piperidine rings is 1. The van der Waals surface area contributed by atoms with Crippen LogP contribution in [0.1, 0.15) is 13.8 Å². The van der Waals surface area contributed by atoms with Gasteiger partial charge in [0.05, 0.1) is 18.2 Å². The number of nitrogens with zero attached hydrogens (tertiary/aromatic N) is 2. The second kappa shape index (κ2) is 11.1. The molecule has 254 valence electrons. The van der Waals surface area contributed by atoms with Crippen molar-refractivity contribution in [1.29, 1.82) is 0 Å². The molecule has 46 heavy (non-hydrogen) atoms. The monoisotopic (exact) mass is 726 g/mol. The van der Waals surface area contributed by atoms with Gasteiger partial charge in [-0.3, -0.25) is 4.74 Å². The number of phenolic OH excluding ortho intramolecular Hbond substituents is 2. The summed E-state index contributed by atoms with van der Waals surface area (Å²) in [7, 11) is 0.894. The van der Waals surface area contributed by atoms with Gasteiger partial charge in [0.25, 0.3) is 17.5 Å². The molecule has 0 radical (unpaired) electrons. The highest BCUT2D eigenvalue weighted by atomic mass is 79.9. The third-order valence-corrected chi connectivity index (χ3v) is 7.61. The first-order valence-corrected chi connectivity index (χ1v) is 13.5. The lowest BCUT2D eigenvalue weighted by Gasteiger charge is -2.70. The number of ether oxygens (including phenoxy) is 3. The number of aliphatic hydroxyl groups is 10. The number of methoxy groups -OCH3 is 1. The van der Waals surface area contributed by atoms with E-state index in [2.05, 4.69) is 36.0 Å². The first-order valence-electron chi connectivity index (χ1n) is 12.7. The Morgan fingerprint density at radius 3 is 2.15 bits per heavy atom. The van der Waals surface area contributed by atoms with E-state index in [1.807, 2.05) is 13.8 Å². The Hall–Kier alpha value is -3.49. The zero-order valence-corrected chi connectivity index (χ0v) is 25.2. The summed E-state index contributed by atoms with van der Waals surface area (Å²) >= 11 is 3.07. The summed E-state index contributed by atoms with van der Waals surface area (Å²) in [5.41, 5.74) is -6.45. The van der Waals surface area contributed by atoms with Crippen LogP contribution in [0.25, 0.3) is 10.9 Å². The van der Waals surface area contributed by atoms with Gasteiger partial charge < -0.3 is 81.1 Å². The third-order valence-electron chi connectivity index (χ3n) is 7.12. The van der Waals surface area contributed by atoms with E-state index in [-0.39, 0.29) is 5.69 Å². The molecule has 22 heteroatoms. The number of H-pyrrole nitrogens is 1. The average molecular weight is 727 g/mol. The second-order valence-electron chi connectivity index (χ2n) is 9.70. The number of anilines is 2. The minimum Gasteiger partial charge on any atom is -0.504 e. The number of nitrogens with one attached hydrogen (secondary N) is 2. The van der Waals surface area contributed by atoms with E-state index in [0.717, 1.165) is 13.2 Å². The normalized spacial score (nSPS) is 25.5. The van der Waals surface area contributed by atoms with Crippen molar-refractivity contribution in [3.05, 3.63) is 39.0 Å². The van der Waals surface area contributed by atoms with Crippen molar-refractivity contribution in [2.24, 2.45) is 0 Å². The van der Waals surface area contributed by atoms with Crippen molar-refractivity contribution in [2.75, 3.05) is 19.0 Å². The molecule has 2 aliphatic heterocycles. The number of aromatic amines is 1. The van der Waals surface area contributed by atoms with Crippen LogP contribution < -0.4 is 20.5 Å². The average Bonchev–Trinajstić information content (AvgIpc) is 2.94. The van der Waals surface area contributed by atoms with Crippen molar-refractivity contribution in [3.63, 3.8) is 0 Å². The Labute approximate surface area is 263 Å². The fourth-order valence-corrected chi connectivity index (χ4v) is 5.19. The summed E-state index contributed by atoms with van der Waals surface area (Å²) in [4.78, 5) is 17.1. The lowest BCUT2D eigenvalue weighted by atomic mass is 9.74. The number of hydrogen-bond acceptors (Lipinski definition) is 19. The SMILES string of the molecule is CC.COc1c(OCC2(O)C(O)(O)C(O)(O)N3C(O)(O)OC3(O)C2(O)O)c(O)c2[nH]c(=O)nc(Nc3ccc(Br)cc3F)c2c1O. The summed E-state index contributed by atoms with van der Waals surface area (Å²) in [5, 5.41) is 128. The molecule has 0 aliphatic carbocycles. The minimum absolute atomic E-state index is 0.244. The maximum Gasteiger partial charge on any atom is 0.360 e. The Bertz CT molecular complexity index is 1730. The molecule has 1 aromatic heterocycles. The molecule has 5 rings (SSSR count). The number of phenols is 2. The largest absolute Gasteiger partial charge is 0.504 e. The molecule has 20 nitrogen and oxygen atoms in total. The van der Waals surface area contributed by atoms with Gasteiger partial charge in [0.2, 0.25) is 17.1 Å². The molecule has 0 saturated carbocycles. The summed E-state index contributed by atoms with van der Waals surface area (Å²) < 4.78 is 29.0. The maximum atomic E-state index is 14.5. The number of benzene rings is 2. The van der Waals surface area contributed by atoms with Crippen molar-refractivity contribution in [2.45, 2.75) is 48.9 Å². The van der Waals surface area contributed by atoms with E-state index >= 15 is 0 Å². The Morgan fingerprint density at radius 1 is 1.00 bits per heavy atom. The summed E-state index contributed by atoms with van der Waals surface area (Å²) in [6.45, 7) is 2.01. The van der Waals surface area contributed by atoms with Gasteiger partial charge in [0, 0.05) is 4.47 Å². The number of rotatable bonds is 6. The van der Waals surface area contributed by atoms with Gasteiger partial charge in [-0.05, 0) is 18.2 Å². The number of halogens is 2. The topological polar surface area (TPSA) is 331 Å². The highest BCUT2D eigenvalue weighted by Crippen LogP contribution is 2.59. The Morgan fingerprint density at radius 2 is 1.61 bits per heavy atom. The van der Waals surface area contributed by atoms with Crippen LogP contribution in [-0.2, 0) is 4.74 Å². The van der Waals surface area contributed by atoms with Crippen LogP contribution in [-0.4, -0.2) is 125 Å². The van der Waals surface area contributed by atoms with Crippen molar-refractivity contribution < 1.29 is 79.9 Å². The Kier molecular flexibility index (Phi) is 8.50. The molecule has 2 fully saturated rings. The smallest absolute Gasteiger partial charge is 0.360 e. The molecule has 3 aromatic rings. The summed E-state index contributed by atoms with van der Waals surface area (Å²) in [6, 6.07) is 3.71. The summed E-state index contributed by atoms with van der Waals surface area (Å²) in [6.07, 6.45) is -3.97. The quantitative estimate of drug-likeness (QED) is 0.0874. The number of fused-ring (bicyclic) bond motifs is 2. The first kappa shape index (κ1) is 35.4. The molecule has 2 aromatic carbocycles. The molecule has 2 unspecified atom stereocenters. The molecular weight excluding hydrogens is 699 g/mol. The van der Waals surface area contributed by atoms with Crippen LogP contribution in [0.4, 0.5) is 15.9 Å². The molecule has 0 spiro atoms. The second-order valence-corrected chi connectivity index (χ2v) is 10.6. The van der Waals surface area contributed by atoms with Crippen LogP contribution in [0, 0.1) is 5.82 Å². The fraction of sp³-hybridized carbons (Fsp3) is 0.417. The van der Waals surface area contributed by atoms with Gasteiger partial charge in [-0.15, -0.1) is 4.90 Å². The molecule has 14 N–H and O–H groups in total. The zero-order chi connectivity index (χ0) is 35.0. The van der Waals surface area contributed by atoms with Gasteiger partial charge >= 0.3 is 17.7 Å². The number of hydrogen-bond donors (Lipinski definition) is 14. The van der Waals surface area contributed by atoms with Crippen LogP contribution in [0.5, 0.6) is 23.0 Å². The van der Waals surface area contributed by atoms with E-state index in [9.17, 15) is 70.5 Å². The summed E-state index contributed by atoms with van der Waals surface area (Å²) in [5.74, 6) is -23.4. The molecule has 3 heterocycles. The highest BCUT2D eigenvalue weighted by molar-refractivity contribution is 9.10. The van der Waals surface area contributed by atoms with Gasteiger partial charge in [0.1, 0.15) is 23.8 Å².